The molecule has 0 aliphatic carbocycles. The average Bonchev–Trinajstić information content (AvgIpc) is 3.07. The van der Waals surface area contributed by atoms with E-state index >= 15 is 0 Å². The van der Waals surface area contributed by atoms with Crippen LogP contribution in [0.3, 0.4) is 0 Å². The zero-order valence-electron chi connectivity index (χ0n) is 28.0. The van der Waals surface area contributed by atoms with E-state index in [1.54, 1.807) is 42.5 Å². The molecule has 0 bridgehead atoms. The van der Waals surface area contributed by atoms with Gasteiger partial charge in [0.1, 0.15) is 12.6 Å². The first-order valence-corrected chi connectivity index (χ1v) is 18.3. The van der Waals surface area contributed by atoms with Crippen LogP contribution in [0.25, 0.3) is 0 Å². The quantitative estimate of drug-likeness (QED) is 0.143. The summed E-state index contributed by atoms with van der Waals surface area (Å²) in [6.45, 7) is 9.30. The van der Waals surface area contributed by atoms with Crippen LogP contribution in [-0.4, -0.2) is 43.8 Å². The fourth-order valence-electron chi connectivity index (χ4n) is 5.22. The highest BCUT2D eigenvalue weighted by molar-refractivity contribution is 7.92. The van der Waals surface area contributed by atoms with Crippen LogP contribution < -0.4 is 9.62 Å². The van der Waals surface area contributed by atoms with E-state index in [4.69, 9.17) is 23.2 Å². The highest BCUT2D eigenvalue weighted by Crippen LogP contribution is 2.28. The lowest BCUT2D eigenvalue weighted by Crippen LogP contribution is -2.54. The summed E-state index contributed by atoms with van der Waals surface area (Å²) in [5.74, 6) is -0.659. The summed E-state index contributed by atoms with van der Waals surface area (Å²) < 4.78 is 29.7. The van der Waals surface area contributed by atoms with Crippen LogP contribution in [-0.2, 0) is 32.6 Å². The van der Waals surface area contributed by atoms with Crippen molar-refractivity contribution in [2.24, 2.45) is 0 Å². The van der Waals surface area contributed by atoms with Crippen LogP contribution in [0.2, 0.25) is 10.0 Å². The summed E-state index contributed by atoms with van der Waals surface area (Å²) in [5, 5.41) is 3.70. The van der Waals surface area contributed by atoms with Crippen molar-refractivity contribution >= 4 is 50.7 Å². The van der Waals surface area contributed by atoms with E-state index in [1.807, 2.05) is 63.2 Å². The Balaban J connectivity index is 1.83. The van der Waals surface area contributed by atoms with Crippen molar-refractivity contribution in [2.75, 3.05) is 10.8 Å². The third-order valence-electron chi connectivity index (χ3n) is 8.34. The fraction of sp³-hybridized carbons (Fsp3) is 0.316. The third-order valence-corrected chi connectivity index (χ3v) is 10.9. The van der Waals surface area contributed by atoms with Crippen molar-refractivity contribution in [3.63, 3.8) is 0 Å². The summed E-state index contributed by atoms with van der Waals surface area (Å²) in [4.78, 5) is 30.2. The molecule has 0 saturated carbocycles. The summed E-state index contributed by atoms with van der Waals surface area (Å²) in [7, 11) is -4.20. The van der Waals surface area contributed by atoms with Gasteiger partial charge in [-0.1, -0.05) is 110 Å². The van der Waals surface area contributed by atoms with Crippen LogP contribution in [0.1, 0.15) is 62.3 Å². The Morgan fingerprint density at radius 2 is 1.46 bits per heavy atom. The first-order chi connectivity index (χ1) is 22.8. The number of benzene rings is 4. The molecule has 2 unspecified atom stereocenters. The molecule has 2 amide bonds. The number of amides is 2. The van der Waals surface area contributed by atoms with E-state index < -0.39 is 28.5 Å². The first-order valence-electron chi connectivity index (χ1n) is 16.1. The summed E-state index contributed by atoms with van der Waals surface area (Å²) in [6.07, 6.45) is 0.906. The Bertz CT molecular complexity index is 1800. The van der Waals surface area contributed by atoms with Gasteiger partial charge in [0, 0.05) is 19.0 Å². The number of sulfonamides is 1. The van der Waals surface area contributed by atoms with E-state index in [-0.39, 0.29) is 35.7 Å². The van der Waals surface area contributed by atoms with Crippen molar-refractivity contribution in [1.29, 1.82) is 0 Å². The molecule has 0 fully saturated rings. The number of rotatable bonds is 14. The van der Waals surface area contributed by atoms with Gasteiger partial charge in [0.25, 0.3) is 10.0 Å². The van der Waals surface area contributed by atoms with Crippen molar-refractivity contribution < 1.29 is 18.0 Å². The smallest absolute Gasteiger partial charge is 0.264 e. The monoisotopic (exact) mass is 707 g/mol. The number of halogens is 2. The van der Waals surface area contributed by atoms with Gasteiger partial charge in [-0.05, 0) is 79.3 Å². The van der Waals surface area contributed by atoms with Gasteiger partial charge in [0.15, 0.2) is 0 Å². The lowest BCUT2D eigenvalue weighted by atomic mass is 10.0. The number of nitrogens with zero attached hydrogens (tertiary/aromatic N) is 2. The third kappa shape index (κ3) is 9.40. The minimum atomic E-state index is -4.20. The molecule has 0 radical (unpaired) electrons. The van der Waals surface area contributed by atoms with Gasteiger partial charge < -0.3 is 10.2 Å². The van der Waals surface area contributed by atoms with Gasteiger partial charge in [-0.25, -0.2) is 8.42 Å². The van der Waals surface area contributed by atoms with Crippen LogP contribution in [0.15, 0.2) is 102 Å². The maximum absolute atomic E-state index is 14.7. The lowest BCUT2D eigenvalue weighted by molar-refractivity contribution is -0.140. The van der Waals surface area contributed by atoms with Crippen molar-refractivity contribution in [1.82, 2.24) is 10.2 Å². The second-order valence-corrected chi connectivity index (χ2v) is 15.0. The Morgan fingerprint density at radius 1 is 0.812 bits per heavy atom. The standard InChI is InChI=1S/C38H43Cl2N3O4S/c1-6-28(5)41-38(45)36(23-29-10-8-7-9-11-29)42(24-30-14-21-34(39)35(40)22-30)37(44)25-43(32-17-15-31(16-18-32)26(2)3)48(46,47)33-19-12-27(4)13-20-33/h7-22,26,28,36H,6,23-25H2,1-5H3,(H,41,45). The zero-order chi connectivity index (χ0) is 35.0. The number of hydrogen-bond donors (Lipinski definition) is 1. The predicted octanol–water partition coefficient (Wildman–Crippen LogP) is 8.18. The van der Waals surface area contributed by atoms with Crippen LogP contribution in [0.5, 0.6) is 0 Å². The molecular weight excluding hydrogens is 665 g/mol. The summed E-state index contributed by atoms with van der Waals surface area (Å²) >= 11 is 12.6. The molecule has 7 nitrogen and oxygen atoms in total. The molecule has 48 heavy (non-hydrogen) atoms. The van der Waals surface area contributed by atoms with Gasteiger partial charge in [0.05, 0.1) is 20.6 Å². The largest absolute Gasteiger partial charge is 0.352 e. The Hall–Kier alpha value is -3.85. The highest BCUT2D eigenvalue weighted by atomic mass is 35.5. The summed E-state index contributed by atoms with van der Waals surface area (Å²) in [5.41, 5.74) is 3.76. The van der Waals surface area contributed by atoms with Gasteiger partial charge in [0.2, 0.25) is 11.8 Å². The molecule has 0 aliphatic heterocycles. The Morgan fingerprint density at radius 3 is 2.04 bits per heavy atom. The molecule has 4 aromatic rings. The molecule has 4 aromatic carbocycles. The number of anilines is 1. The normalized spacial score (nSPS) is 12.8. The van der Waals surface area contributed by atoms with Crippen LogP contribution in [0, 0.1) is 6.92 Å². The van der Waals surface area contributed by atoms with Crippen molar-refractivity contribution in [2.45, 2.75) is 76.9 Å². The van der Waals surface area contributed by atoms with Crippen molar-refractivity contribution in [3.05, 3.63) is 129 Å². The van der Waals surface area contributed by atoms with E-state index in [2.05, 4.69) is 19.2 Å². The van der Waals surface area contributed by atoms with E-state index in [9.17, 15) is 18.0 Å². The fourth-order valence-corrected chi connectivity index (χ4v) is 6.96. The van der Waals surface area contributed by atoms with E-state index in [1.165, 1.54) is 17.0 Å². The van der Waals surface area contributed by atoms with Gasteiger partial charge in [-0.2, -0.15) is 0 Å². The average molecular weight is 709 g/mol. The Kier molecular flexibility index (Phi) is 12.7. The number of carbonyl (C=O) groups is 2. The van der Waals surface area contributed by atoms with Crippen LogP contribution >= 0.6 is 23.2 Å². The second-order valence-electron chi connectivity index (χ2n) is 12.4. The molecule has 0 heterocycles. The molecule has 0 spiro atoms. The molecule has 0 aliphatic rings. The topological polar surface area (TPSA) is 86.8 Å². The maximum atomic E-state index is 14.7. The minimum Gasteiger partial charge on any atom is -0.352 e. The Labute approximate surface area is 294 Å². The van der Waals surface area contributed by atoms with Crippen molar-refractivity contribution in [3.8, 4) is 0 Å². The minimum absolute atomic E-state index is 0.00808. The van der Waals surface area contributed by atoms with Gasteiger partial charge >= 0.3 is 0 Å². The summed E-state index contributed by atoms with van der Waals surface area (Å²) in [6, 6.07) is 27.1. The maximum Gasteiger partial charge on any atom is 0.264 e. The lowest BCUT2D eigenvalue weighted by Gasteiger charge is -2.34. The highest BCUT2D eigenvalue weighted by Gasteiger charge is 2.35. The van der Waals surface area contributed by atoms with E-state index in [0.717, 1.165) is 21.0 Å². The molecule has 1 N–H and O–H groups in total. The molecule has 4 rings (SSSR count). The number of hydrogen-bond acceptors (Lipinski definition) is 4. The van der Waals surface area contributed by atoms with Gasteiger partial charge in [-0.15, -0.1) is 0 Å². The predicted molar refractivity (Wildman–Crippen MR) is 195 cm³/mol. The molecule has 10 heteroatoms. The molecular formula is C38H43Cl2N3O4S. The molecule has 2 atom stereocenters. The SMILES string of the molecule is CCC(C)NC(=O)C(Cc1ccccc1)N(Cc1ccc(Cl)c(Cl)c1)C(=O)CN(c1ccc(C(C)C)cc1)S(=O)(=O)c1ccc(C)cc1. The van der Waals surface area contributed by atoms with Crippen LogP contribution in [0.4, 0.5) is 5.69 Å². The molecule has 0 aromatic heterocycles. The molecule has 0 saturated heterocycles. The molecule has 254 valence electrons. The second kappa shape index (κ2) is 16.5. The number of nitrogens with one attached hydrogen (secondary N) is 1. The van der Waals surface area contributed by atoms with Gasteiger partial charge in [-0.3, -0.25) is 13.9 Å². The van der Waals surface area contributed by atoms with E-state index in [0.29, 0.717) is 27.7 Å². The zero-order valence-corrected chi connectivity index (χ0v) is 30.3. The first kappa shape index (κ1) is 37.0. The number of carbonyl (C=O) groups excluding carboxylic acids is 2. The number of aryl methyl sites for hydroxylation is 1.